The van der Waals surface area contributed by atoms with Crippen molar-refractivity contribution >= 4 is 5.91 Å². The molecule has 0 heterocycles. The molecule has 0 fully saturated rings. The van der Waals surface area contributed by atoms with Crippen LogP contribution in [0.4, 0.5) is 0 Å². The average molecular weight is 207 g/mol. The third-order valence-electron chi connectivity index (χ3n) is 2.20. The van der Waals surface area contributed by atoms with E-state index in [0.29, 0.717) is 0 Å². The first-order valence-electron chi connectivity index (χ1n) is 5.07. The minimum Gasteiger partial charge on any atom is -0.392 e. The van der Waals surface area contributed by atoms with Crippen LogP contribution in [0.5, 0.6) is 0 Å². The Morgan fingerprint density at radius 2 is 1.87 bits per heavy atom. The molecule has 0 bridgehead atoms. The van der Waals surface area contributed by atoms with Crippen LogP contribution < -0.4 is 5.32 Å². The molecule has 1 rings (SSSR count). The number of amides is 1. The van der Waals surface area contributed by atoms with E-state index in [4.69, 9.17) is 5.11 Å². The number of nitrogens with one attached hydrogen (secondary N) is 1. The van der Waals surface area contributed by atoms with Gasteiger partial charge in [0.1, 0.15) is 0 Å². The molecule has 0 radical (unpaired) electrons. The highest BCUT2D eigenvalue weighted by molar-refractivity contribution is 5.73. The molecule has 0 saturated heterocycles. The van der Waals surface area contributed by atoms with Gasteiger partial charge < -0.3 is 10.4 Å². The van der Waals surface area contributed by atoms with Gasteiger partial charge in [-0.25, -0.2) is 0 Å². The number of carbonyl (C=O) groups excluding carboxylic acids is 1. The normalized spacial score (nSPS) is 12.2. The van der Waals surface area contributed by atoms with Gasteiger partial charge in [0.15, 0.2) is 0 Å². The van der Waals surface area contributed by atoms with Crippen LogP contribution in [0, 0.1) is 0 Å². The first kappa shape index (κ1) is 11.7. The Kier molecular flexibility index (Phi) is 4.31. The van der Waals surface area contributed by atoms with Crippen LogP contribution in [0.25, 0.3) is 0 Å². The van der Waals surface area contributed by atoms with Gasteiger partial charge in [0, 0.05) is 13.0 Å². The lowest BCUT2D eigenvalue weighted by molar-refractivity contribution is -0.119. The Hall–Kier alpha value is -1.35. The van der Waals surface area contributed by atoms with E-state index in [1.54, 1.807) is 0 Å². The Labute approximate surface area is 90.1 Å². The van der Waals surface area contributed by atoms with Gasteiger partial charge in [0.25, 0.3) is 0 Å². The first-order chi connectivity index (χ1) is 7.11. The van der Waals surface area contributed by atoms with Gasteiger partial charge in [-0.2, -0.15) is 0 Å². The molecule has 1 aromatic carbocycles. The number of rotatable bonds is 4. The van der Waals surface area contributed by atoms with Crippen molar-refractivity contribution in [2.24, 2.45) is 0 Å². The van der Waals surface area contributed by atoms with Gasteiger partial charge in [-0.3, -0.25) is 4.79 Å². The maximum Gasteiger partial charge on any atom is 0.217 e. The standard InChI is InChI=1S/C12H17NO2/c1-9(13-10(2)15)7-11-3-5-12(8-14)6-4-11/h3-6,9,14H,7-8H2,1-2H3,(H,13,15). The number of carbonyl (C=O) groups is 1. The van der Waals surface area contributed by atoms with Crippen molar-refractivity contribution in [3.05, 3.63) is 35.4 Å². The molecule has 2 N–H and O–H groups in total. The summed E-state index contributed by atoms with van der Waals surface area (Å²) in [6.07, 6.45) is 0.811. The van der Waals surface area contributed by atoms with E-state index in [9.17, 15) is 4.79 Å². The Morgan fingerprint density at radius 3 is 2.33 bits per heavy atom. The molecule has 1 aromatic rings. The maximum atomic E-state index is 10.8. The molecule has 0 spiro atoms. The van der Waals surface area contributed by atoms with Crippen molar-refractivity contribution in [1.82, 2.24) is 5.32 Å². The van der Waals surface area contributed by atoms with Crippen LogP contribution in [0.15, 0.2) is 24.3 Å². The summed E-state index contributed by atoms with van der Waals surface area (Å²) in [5.41, 5.74) is 2.07. The van der Waals surface area contributed by atoms with E-state index in [0.717, 1.165) is 17.5 Å². The molecular formula is C12H17NO2. The summed E-state index contributed by atoms with van der Waals surface area (Å²) < 4.78 is 0. The summed E-state index contributed by atoms with van der Waals surface area (Å²) in [6, 6.07) is 7.89. The van der Waals surface area contributed by atoms with Gasteiger partial charge in [-0.05, 0) is 24.5 Å². The molecule has 0 aliphatic rings. The van der Waals surface area contributed by atoms with Crippen molar-refractivity contribution < 1.29 is 9.90 Å². The second-order valence-electron chi connectivity index (χ2n) is 3.78. The molecular weight excluding hydrogens is 190 g/mol. The van der Waals surface area contributed by atoms with Gasteiger partial charge in [-0.15, -0.1) is 0 Å². The topological polar surface area (TPSA) is 49.3 Å². The second kappa shape index (κ2) is 5.51. The van der Waals surface area contributed by atoms with E-state index >= 15 is 0 Å². The lowest BCUT2D eigenvalue weighted by Gasteiger charge is -2.12. The highest BCUT2D eigenvalue weighted by atomic mass is 16.3. The van der Waals surface area contributed by atoms with Gasteiger partial charge in [0.2, 0.25) is 5.91 Å². The molecule has 82 valence electrons. The van der Waals surface area contributed by atoms with Gasteiger partial charge in [0.05, 0.1) is 6.61 Å². The fraction of sp³-hybridized carbons (Fsp3) is 0.417. The number of hydrogen-bond acceptors (Lipinski definition) is 2. The lowest BCUT2D eigenvalue weighted by atomic mass is 10.1. The second-order valence-corrected chi connectivity index (χ2v) is 3.78. The quantitative estimate of drug-likeness (QED) is 0.780. The minimum atomic E-state index is -0.00511. The summed E-state index contributed by atoms with van der Waals surface area (Å²) in [6.45, 7) is 3.56. The van der Waals surface area contributed by atoms with E-state index in [1.807, 2.05) is 31.2 Å². The molecule has 0 aromatic heterocycles. The number of aliphatic hydroxyl groups excluding tert-OH is 1. The van der Waals surface area contributed by atoms with Gasteiger partial charge in [-0.1, -0.05) is 24.3 Å². The third kappa shape index (κ3) is 4.13. The zero-order chi connectivity index (χ0) is 11.3. The van der Waals surface area contributed by atoms with Crippen molar-refractivity contribution in [3.63, 3.8) is 0 Å². The Bertz CT molecular complexity index is 319. The predicted molar refractivity (Wildman–Crippen MR) is 59.3 cm³/mol. The molecule has 15 heavy (non-hydrogen) atoms. The highest BCUT2D eigenvalue weighted by Gasteiger charge is 2.04. The van der Waals surface area contributed by atoms with Crippen molar-refractivity contribution in [1.29, 1.82) is 0 Å². The fourth-order valence-corrected chi connectivity index (χ4v) is 1.53. The van der Waals surface area contributed by atoms with Crippen molar-refractivity contribution in [3.8, 4) is 0 Å². The maximum absolute atomic E-state index is 10.8. The molecule has 0 aliphatic heterocycles. The smallest absolute Gasteiger partial charge is 0.217 e. The van der Waals surface area contributed by atoms with Crippen LogP contribution in [-0.2, 0) is 17.8 Å². The minimum absolute atomic E-state index is 0.00511. The third-order valence-corrected chi connectivity index (χ3v) is 2.20. The zero-order valence-corrected chi connectivity index (χ0v) is 9.16. The summed E-state index contributed by atoms with van der Waals surface area (Å²) in [7, 11) is 0. The first-order valence-corrected chi connectivity index (χ1v) is 5.07. The Balaban J connectivity index is 2.53. The molecule has 3 nitrogen and oxygen atoms in total. The molecule has 0 saturated carbocycles. The number of benzene rings is 1. The fourth-order valence-electron chi connectivity index (χ4n) is 1.53. The van der Waals surface area contributed by atoms with Crippen LogP contribution in [0.1, 0.15) is 25.0 Å². The molecule has 1 amide bonds. The van der Waals surface area contributed by atoms with Crippen molar-refractivity contribution in [2.75, 3.05) is 0 Å². The average Bonchev–Trinajstić information content (AvgIpc) is 2.17. The van der Waals surface area contributed by atoms with Crippen LogP contribution in [-0.4, -0.2) is 17.1 Å². The lowest BCUT2D eigenvalue weighted by Crippen LogP contribution is -2.31. The summed E-state index contributed by atoms with van der Waals surface area (Å²) in [5, 5.41) is 11.7. The van der Waals surface area contributed by atoms with E-state index in [1.165, 1.54) is 6.92 Å². The monoisotopic (exact) mass is 207 g/mol. The van der Waals surface area contributed by atoms with Gasteiger partial charge >= 0.3 is 0 Å². The summed E-state index contributed by atoms with van der Waals surface area (Å²) in [5.74, 6) is -0.00511. The molecule has 0 aliphatic carbocycles. The highest BCUT2D eigenvalue weighted by Crippen LogP contribution is 2.06. The largest absolute Gasteiger partial charge is 0.392 e. The van der Waals surface area contributed by atoms with Crippen LogP contribution >= 0.6 is 0 Å². The summed E-state index contributed by atoms with van der Waals surface area (Å²) in [4.78, 5) is 10.8. The van der Waals surface area contributed by atoms with E-state index < -0.39 is 0 Å². The Morgan fingerprint density at radius 1 is 1.33 bits per heavy atom. The summed E-state index contributed by atoms with van der Waals surface area (Å²) >= 11 is 0. The molecule has 1 unspecified atom stereocenters. The molecule has 1 atom stereocenters. The van der Waals surface area contributed by atoms with Crippen LogP contribution in [0.2, 0.25) is 0 Å². The van der Waals surface area contributed by atoms with Crippen molar-refractivity contribution in [2.45, 2.75) is 32.9 Å². The predicted octanol–water partition coefficient (Wildman–Crippen LogP) is 1.25. The number of hydrogen-bond donors (Lipinski definition) is 2. The zero-order valence-electron chi connectivity index (χ0n) is 9.16. The van der Waals surface area contributed by atoms with E-state index in [-0.39, 0.29) is 18.6 Å². The molecule has 3 heteroatoms. The van der Waals surface area contributed by atoms with E-state index in [2.05, 4.69) is 5.32 Å². The number of aliphatic hydroxyl groups is 1. The SMILES string of the molecule is CC(=O)NC(C)Cc1ccc(CO)cc1. The van der Waals surface area contributed by atoms with Crippen LogP contribution in [0.3, 0.4) is 0 Å².